The third-order valence-electron chi connectivity index (χ3n) is 4.17. The first-order chi connectivity index (χ1) is 16.3. The van der Waals surface area contributed by atoms with Crippen LogP contribution in [0.15, 0.2) is 17.7 Å². The third-order valence-corrected chi connectivity index (χ3v) is 4.17. The van der Waals surface area contributed by atoms with Crippen molar-refractivity contribution in [3.05, 3.63) is 54.6 Å². The number of alkyl halides is 3. The number of benzene rings is 1. The summed E-state index contributed by atoms with van der Waals surface area (Å²) in [5.74, 6) is -1.58. The summed E-state index contributed by atoms with van der Waals surface area (Å²) in [6.45, 7) is 0.0702. The first kappa shape index (κ1) is 26.9. The van der Waals surface area contributed by atoms with Crippen LogP contribution < -0.4 is 4.74 Å². The van der Waals surface area contributed by atoms with Crippen molar-refractivity contribution in [2.24, 2.45) is 0 Å². The Morgan fingerprint density at radius 3 is 2.23 bits per heavy atom. The lowest BCUT2D eigenvalue weighted by atomic mass is 9.97. The normalized spacial score (nSPS) is 14.7. The van der Waals surface area contributed by atoms with Gasteiger partial charge in [0, 0.05) is 5.56 Å². The van der Waals surface area contributed by atoms with Crippen LogP contribution in [0.4, 0.5) is 18.0 Å². The first-order valence-electron chi connectivity index (χ1n) is 9.39. The van der Waals surface area contributed by atoms with Crippen LogP contribution >= 0.6 is 0 Å². The Morgan fingerprint density at radius 2 is 1.69 bits per heavy atom. The maximum Gasteiger partial charge on any atom is 0.511 e. The van der Waals surface area contributed by atoms with Crippen LogP contribution in [0.3, 0.4) is 0 Å². The van der Waals surface area contributed by atoms with Crippen LogP contribution in [-0.2, 0) is 28.7 Å². The Balaban J connectivity index is 2.03. The molecular formula is C18H17F3N2O12. The monoisotopic (exact) mass is 510 g/mol. The lowest BCUT2D eigenvalue weighted by molar-refractivity contribution is -0.768. The van der Waals surface area contributed by atoms with Crippen molar-refractivity contribution >= 4 is 18.2 Å². The quantitative estimate of drug-likeness (QED) is 0.195. The number of hydrogen-bond donors (Lipinski definition) is 0. The molecule has 1 aromatic carbocycles. The highest BCUT2D eigenvalue weighted by Crippen LogP contribution is 2.39. The largest absolute Gasteiger partial charge is 0.511 e. The molecule has 0 N–H and O–H groups in total. The molecule has 0 fully saturated rings. The van der Waals surface area contributed by atoms with Gasteiger partial charge in [-0.2, -0.15) is 13.2 Å². The zero-order chi connectivity index (χ0) is 26.3. The number of carbonyl (C=O) groups excluding carboxylic acids is 2. The minimum atomic E-state index is -4.99. The molecule has 17 heteroatoms. The van der Waals surface area contributed by atoms with E-state index in [0.717, 1.165) is 6.08 Å². The first-order valence-corrected chi connectivity index (χ1v) is 9.39. The molecule has 0 amide bonds. The van der Waals surface area contributed by atoms with E-state index in [4.69, 9.17) is 4.74 Å². The molecule has 0 saturated heterocycles. The van der Waals surface area contributed by atoms with Crippen molar-refractivity contribution in [1.29, 1.82) is 0 Å². The van der Waals surface area contributed by atoms with Gasteiger partial charge in [-0.1, -0.05) is 11.6 Å². The van der Waals surface area contributed by atoms with Gasteiger partial charge in [0.25, 0.3) is 10.2 Å². The second kappa shape index (κ2) is 11.2. The number of rotatable bonds is 10. The maximum atomic E-state index is 13.5. The molecule has 0 bridgehead atoms. The van der Waals surface area contributed by atoms with Crippen LogP contribution in [0.5, 0.6) is 5.75 Å². The van der Waals surface area contributed by atoms with E-state index in [1.807, 2.05) is 0 Å². The number of carbonyl (C=O) groups is 2. The Labute approximate surface area is 193 Å². The molecule has 2 rings (SSSR count). The fraction of sp³-hybridized carbons (Fsp3) is 0.444. The zero-order valence-corrected chi connectivity index (χ0v) is 17.9. The molecule has 1 aromatic rings. The topological polar surface area (TPSA) is 176 Å². The molecule has 1 atom stereocenters. The summed E-state index contributed by atoms with van der Waals surface area (Å²) >= 11 is 0. The van der Waals surface area contributed by atoms with Gasteiger partial charge >= 0.3 is 18.3 Å². The number of hydrogen-bond acceptors (Lipinski definition) is 12. The number of nitrogens with zero attached hydrogens (tertiary/aromatic N) is 2. The number of halogens is 3. The Kier molecular flexibility index (Phi) is 8.63. The van der Waals surface area contributed by atoms with Crippen molar-refractivity contribution in [2.75, 3.05) is 20.0 Å². The fourth-order valence-electron chi connectivity index (χ4n) is 2.88. The average Bonchev–Trinajstić information content (AvgIpc) is 2.73. The number of ether oxygens (including phenoxy) is 4. The SMILES string of the molecule is Cc1cc(C)c2c(c1)C=C(C(=O)OCOC(=O)OC(CO[N+](=O)[O-])CO[N+](=O)[O-])C(C(F)(F)F)O2. The van der Waals surface area contributed by atoms with E-state index in [0.29, 0.717) is 11.1 Å². The Bertz CT molecular complexity index is 1010. The van der Waals surface area contributed by atoms with E-state index < -0.39 is 66.3 Å². The summed E-state index contributed by atoms with van der Waals surface area (Å²) in [6.07, 6.45) is -10.0. The van der Waals surface area contributed by atoms with Crippen molar-refractivity contribution in [3.8, 4) is 5.75 Å². The predicted octanol–water partition coefficient (Wildman–Crippen LogP) is 2.45. The molecular weight excluding hydrogens is 493 g/mol. The van der Waals surface area contributed by atoms with Gasteiger partial charge in [-0.3, -0.25) is 0 Å². The second-order valence-electron chi connectivity index (χ2n) is 6.86. The molecule has 1 unspecified atom stereocenters. The van der Waals surface area contributed by atoms with Gasteiger partial charge in [0.1, 0.15) is 19.0 Å². The number of aryl methyl sites for hydroxylation is 2. The molecule has 35 heavy (non-hydrogen) atoms. The zero-order valence-electron chi connectivity index (χ0n) is 17.9. The summed E-state index contributed by atoms with van der Waals surface area (Å²) in [4.78, 5) is 52.2. The second-order valence-corrected chi connectivity index (χ2v) is 6.86. The van der Waals surface area contributed by atoms with E-state index in [-0.39, 0.29) is 11.3 Å². The van der Waals surface area contributed by atoms with Crippen LogP contribution in [0, 0.1) is 34.1 Å². The summed E-state index contributed by atoms with van der Waals surface area (Å²) in [6, 6.07) is 3.10. The molecule has 1 aliphatic heterocycles. The highest BCUT2D eigenvalue weighted by Gasteiger charge is 2.49. The van der Waals surface area contributed by atoms with E-state index >= 15 is 0 Å². The minimum absolute atomic E-state index is 0.0609. The van der Waals surface area contributed by atoms with Crippen molar-refractivity contribution < 1.29 is 61.6 Å². The minimum Gasteiger partial charge on any atom is -0.475 e. The van der Waals surface area contributed by atoms with Gasteiger partial charge in [-0.15, -0.1) is 20.2 Å². The summed E-state index contributed by atoms with van der Waals surface area (Å²) < 4.78 is 59.0. The highest BCUT2D eigenvalue weighted by atomic mass is 19.4. The van der Waals surface area contributed by atoms with Gasteiger partial charge in [0.2, 0.25) is 12.9 Å². The average molecular weight is 510 g/mol. The highest BCUT2D eigenvalue weighted by molar-refractivity contribution is 5.96. The standard InChI is InChI=1S/C18H17F3N2O12/c1-9-3-10(2)14-11(4-9)5-13(15(35-14)18(19,20)21)16(24)30-8-31-17(25)34-12(6-32-22(26)27)7-33-23(28)29/h3-5,12,15H,6-8H2,1-2H3. The molecule has 0 aliphatic carbocycles. The van der Waals surface area contributed by atoms with Crippen molar-refractivity contribution in [3.63, 3.8) is 0 Å². The van der Waals surface area contributed by atoms with Gasteiger partial charge in [0.15, 0.2) is 6.10 Å². The van der Waals surface area contributed by atoms with Crippen LogP contribution in [0.1, 0.15) is 16.7 Å². The molecule has 0 aromatic heterocycles. The van der Waals surface area contributed by atoms with Gasteiger partial charge in [0.05, 0.1) is 5.57 Å². The van der Waals surface area contributed by atoms with E-state index in [1.54, 1.807) is 13.0 Å². The van der Waals surface area contributed by atoms with Gasteiger partial charge in [-0.05, 0) is 31.6 Å². The lowest BCUT2D eigenvalue weighted by Gasteiger charge is -2.29. The van der Waals surface area contributed by atoms with Crippen LogP contribution in [0.25, 0.3) is 6.08 Å². The van der Waals surface area contributed by atoms with E-state index in [1.165, 1.54) is 13.0 Å². The molecule has 0 saturated carbocycles. The van der Waals surface area contributed by atoms with E-state index in [9.17, 15) is 43.0 Å². The van der Waals surface area contributed by atoms with Crippen LogP contribution in [0.2, 0.25) is 0 Å². The molecule has 0 radical (unpaired) electrons. The number of fused-ring (bicyclic) bond motifs is 1. The Morgan fingerprint density at radius 1 is 1.09 bits per heavy atom. The van der Waals surface area contributed by atoms with E-state index in [2.05, 4.69) is 23.9 Å². The van der Waals surface area contributed by atoms with Gasteiger partial charge < -0.3 is 28.6 Å². The predicted molar refractivity (Wildman–Crippen MR) is 103 cm³/mol. The molecule has 192 valence electrons. The Hall–Kier alpha value is -4.31. The van der Waals surface area contributed by atoms with Crippen molar-refractivity contribution in [2.45, 2.75) is 32.2 Å². The molecule has 14 nitrogen and oxygen atoms in total. The molecule has 0 spiro atoms. The van der Waals surface area contributed by atoms with Gasteiger partial charge in [-0.25, -0.2) is 9.59 Å². The molecule has 1 heterocycles. The lowest BCUT2D eigenvalue weighted by Crippen LogP contribution is -2.41. The number of esters is 1. The third kappa shape index (κ3) is 7.90. The summed E-state index contributed by atoms with van der Waals surface area (Å²) in [7, 11) is 0. The van der Waals surface area contributed by atoms with Crippen molar-refractivity contribution in [1.82, 2.24) is 0 Å². The van der Waals surface area contributed by atoms with Crippen LogP contribution in [-0.4, -0.2) is 60.7 Å². The fourth-order valence-corrected chi connectivity index (χ4v) is 2.88. The summed E-state index contributed by atoms with van der Waals surface area (Å²) in [5.41, 5.74) is 0.404. The maximum absolute atomic E-state index is 13.5. The summed E-state index contributed by atoms with van der Waals surface area (Å²) in [5, 5.41) is 17.9. The smallest absolute Gasteiger partial charge is 0.475 e. The molecule has 1 aliphatic rings.